The van der Waals surface area contributed by atoms with Crippen molar-refractivity contribution in [3.05, 3.63) is 35.5 Å². The number of benzene rings is 1. The van der Waals surface area contributed by atoms with Crippen LogP contribution in [0.1, 0.15) is 5.56 Å². The van der Waals surface area contributed by atoms with Crippen molar-refractivity contribution in [1.29, 1.82) is 0 Å². The van der Waals surface area contributed by atoms with E-state index in [1.54, 1.807) is 0 Å². The molecule has 7 heteroatoms. The Morgan fingerprint density at radius 3 is 2.69 bits per heavy atom. The van der Waals surface area contributed by atoms with Gasteiger partial charge in [-0.1, -0.05) is 0 Å². The largest absolute Gasteiger partial charge is 0.359 e. The van der Waals surface area contributed by atoms with Crippen LogP contribution in [0.5, 0.6) is 0 Å². The summed E-state index contributed by atoms with van der Waals surface area (Å²) in [6.07, 6.45) is 1.44. The predicted octanol–water partition coefficient (Wildman–Crippen LogP) is 2.51. The van der Waals surface area contributed by atoms with Gasteiger partial charge in [-0.05, 0) is 12.1 Å². The lowest BCUT2D eigenvalue weighted by atomic mass is 10.1. The van der Waals surface area contributed by atoms with Gasteiger partial charge in [0.15, 0.2) is 5.82 Å². The second-order valence-corrected chi connectivity index (χ2v) is 6.05. The van der Waals surface area contributed by atoms with Crippen molar-refractivity contribution >= 4 is 30.6 Å². The summed E-state index contributed by atoms with van der Waals surface area (Å²) in [5, 5.41) is 0.339. The molecular formula is C9H6ClF2NO2S. The van der Waals surface area contributed by atoms with Gasteiger partial charge < -0.3 is 4.98 Å². The number of halogens is 3. The Balaban J connectivity index is 2.69. The normalized spacial score (nSPS) is 12.2. The predicted molar refractivity (Wildman–Crippen MR) is 56.7 cm³/mol. The second kappa shape index (κ2) is 3.71. The number of H-pyrrole nitrogens is 1. The van der Waals surface area contributed by atoms with Crippen LogP contribution in [-0.2, 0) is 14.8 Å². The summed E-state index contributed by atoms with van der Waals surface area (Å²) >= 11 is 0. The van der Waals surface area contributed by atoms with Crippen LogP contribution >= 0.6 is 10.7 Å². The van der Waals surface area contributed by atoms with E-state index in [1.807, 2.05) is 0 Å². The van der Waals surface area contributed by atoms with Gasteiger partial charge >= 0.3 is 0 Å². The number of nitrogens with one attached hydrogen (secondary N) is 1. The third kappa shape index (κ3) is 2.03. The Kier molecular flexibility index (Phi) is 2.63. The summed E-state index contributed by atoms with van der Waals surface area (Å²) in [7, 11) is 0.970. The smallest absolute Gasteiger partial charge is 0.236 e. The van der Waals surface area contributed by atoms with Gasteiger partial charge in [0.1, 0.15) is 5.82 Å². The van der Waals surface area contributed by atoms with E-state index in [4.69, 9.17) is 10.7 Å². The molecule has 0 aliphatic rings. The first-order chi connectivity index (χ1) is 7.38. The van der Waals surface area contributed by atoms with Crippen molar-refractivity contribution in [2.24, 2.45) is 0 Å². The minimum atomic E-state index is -4.00. The van der Waals surface area contributed by atoms with Gasteiger partial charge in [-0.15, -0.1) is 0 Å². The van der Waals surface area contributed by atoms with Gasteiger partial charge in [0.25, 0.3) is 0 Å². The van der Waals surface area contributed by atoms with E-state index < -0.39 is 32.0 Å². The fourth-order valence-corrected chi connectivity index (χ4v) is 2.41. The van der Waals surface area contributed by atoms with Crippen LogP contribution in [0.2, 0.25) is 0 Å². The lowest BCUT2D eigenvalue weighted by Gasteiger charge is -2.03. The first kappa shape index (κ1) is 11.3. The zero-order valence-corrected chi connectivity index (χ0v) is 9.37. The van der Waals surface area contributed by atoms with Gasteiger partial charge in [0.05, 0.1) is 11.3 Å². The van der Waals surface area contributed by atoms with Crippen LogP contribution < -0.4 is 0 Å². The number of aromatic nitrogens is 1. The topological polar surface area (TPSA) is 49.9 Å². The van der Waals surface area contributed by atoms with E-state index in [1.165, 1.54) is 12.3 Å². The van der Waals surface area contributed by atoms with Crippen LogP contribution in [0.4, 0.5) is 8.78 Å². The maximum atomic E-state index is 13.7. The third-order valence-corrected chi connectivity index (χ3v) is 3.11. The molecule has 1 aromatic carbocycles. The SMILES string of the molecule is O=S(=O)(Cl)Cc1c(F)cc2cc[nH]c2c1F. The highest BCUT2D eigenvalue weighted by molar-refractivity contribution is 8.13. The first-order valence-electron chi connectivity index (χ1n) is 4.25. The molecular weight excluding hydrogens is 260 g/mol. The summed E-state index contributed by atoms with van der Waals surface area (Å²) in [6.45, 7) is 0. The maximum absolute atomic E-state index is 13.7. The number of hydrogen-bond donors (Lipinski definition) is 1. The number of rotatable bonds is 2. The van der Waals surface area contributed by atoms with Crippen molar-refractivity contribution in [2.45, 2.75) is 5.75 Å². The minimum Gasteiger partial charge on any atom is -0.359 e. The molecule has 1 aromatic heterocycles. The molecule has 0 aliphatic carbocycles. The molecule has 0 atom stereocenters. The van der Waals surface area contributed by atoms with E-state index >= 15 is 0 Å². The van der Waals surface area contributed by atoms with Crippen LogP contribution in [0, 0.1) is 11.6 Å². The standard InChI is InChI=1S/C9H6ClF2NO2S/c10-16(14,15)4-6-7(11)3-5-1-2-13-9(5)8(6)12/h1-3,13H,4H2. The highest BCUT2D eigenvalue weighted by Gasteiger charge is 2.19. The number of aromatic amines is 1. The Morgan fingerprint density at radius 1 is 1.38 bits per heavy atom. The fourth-order valence-electron chi connectivity index (χ4n) is 1.48. The minimum absolute atomic E-state index is 0.0664. The van der Waals surface area contributed by atoms with Crippen LogP contribution in [0.15, 0.2) is 18.3 Å². The molecule has 0 fully saturated rings. The van der Waals surface area contributed by atoms with Crippen LogP contribution in [0.3, 0.4) is 0 Å². The lowest BCUT2D eigenvalue weighted by molar-refractivity contribution is 0.565. The van der Waals surface area contributed by atoms with Crippen molar-refractivity contribution in [1.82, 2.24) is 4.98 Å². The average Bonchev–Trinajstić information content (AvgIpc) is 2.58. The lowest BCUT2D eigenvalue weighted by Crippen LogP contribution is -2.02. The van der Waals surface area contributed by atoms with Crippen LogP contribution in [0.25, 0.3) is 10.9 Å². The molecule has 0 radical (unpaired) electrons. The molecule has 1 heterocycles. The molecule has 0 bridgehead atoms. The summed E-state index contributed by atoms with van der Waals surface area (Å²) in [5.74, 6) is -2.72. The Bertz CT molecular complexity index is 651. The van der Waals surface area contributed by atoms with Gasteiger partial charge in [0, 0.05) is 27.8 Å². The van der Waals surface area contributed by atoms with E-state index in [0.717, 1.165) is 6.07 Å². The van der Waals surface area contributed by atoms with Gasteiger partial charge in [-0.25, -0.2) is 17.2 Å². The van der Waals surface area contributed by atoms with E-state index in [9.17, 15) is 17.2 Å². The van der Waals surface area contributed by atoms with Crippen molar-refractivity contribution < 1.29 is 17.2 Å². The molecule has 0 spiro atoms. The third-order valence-electron chi connectivity index (χ3n) is 2.15. The fraction of sp³-hybridized carbons (Fsp3) is 0.111. The molecule has 0 saturated heterocycles. The molecule has 2 aromatic rings. The molecule has 0 unspecified atom stereocenters. The highest BCUT2D eigenvalue weighted by Crippen LogP contribution is 2.25. The van der Waals surface area contributed by atoms with E-state index in [2.05, 4.69) is 4.98 Å². The van der Waals surface area contributed by atoms with Gasteiger partial charge in [-0.2, -0.15) is 0 Å². The van der Waals surface area contributed by atoms with Crippen molar-refractivity contribution in [3.8, 4) is 0 Å². The summed E-state index contributed by atoms with van der Waals surface area (Å²) < 4.78 is 48.7. The number of fused-ring (bicyclic) bond motifs is 1. The molecule has 0 aliphatic heterocycles. The molecule has 16 heavy (non-hydrogen) atoms. The quantitative estimate of drug-likeness (QED) is 0.848. The monoisotopic (exact) mass is 265 g/mol. The highest BCUT2D eigenvalue weighted by atomic mass is 35.7. The summed E-state index contributed by atoms with van der Waals surface area (Å²) in [5.41, 5.74) is -0.485. The maximum Gasteiger partial charge on any atom is 0.236 e. The molecule has 0 amide bonds. The number of hydrogen-bond acceptors (Lipinski definition) is 2. The van der Waals surface area contributed by atoms with Gasteiger partial charge in [0.2, 0.25) is 9.05 Å². The Labute approximate surface area is 94.5 Å². The average molecular weight is 266 g/mol. The van der Waals surface area contributed by atoms with E-state index in [-0.39, 0.29) is 5.52 Å². The van der Waals surface area contributed by atoms with Crippen molar-refractivity contribution in [2.75, 3.05) is 0 Å². The first-order valence-corrected chi connectivity index (χ1v) is 6.72. The van der Waals surface area contributed by atoms with Crippen LogP contribution in [-0.4, -0.2) is 13.4 Å². The Morgan fingerprint density at radius 2 is 2.06 bits per heavy atom. The summed E-state index contributed by atoms with van der Waals surface area (Å²) in [6, 6.07) is 2.55. The molecule has 3 nitrogen and oxygen atoms in total. The second-order valence-electron chi connectivity index (χ2n) is 3.28. The van der Waals surface area contributed by atoms with Gasteiger partial charge in [-0.3, -0.25) is 0 Å². The molecule has 2 rings (SSSR count). The Hall–Kier alpha value is -1.14. The molecule has 86 valence electrons. The summed E-state index contributed by atoms with van der Waals surface area (Å²) in [4.78, 5) is 2.56. The van der Waals surface area contributed by atoms with E-state index in [0.29, 0.717) is 5.39 Å². The zero-order valence-electron chi connectivity index (χ0n) is 7.80. The zero-order chi connectivity index (χ0) is 11.9. The molecule has 0 saturated carbocycles. The molecule has 1 N–H and O–H groups in total. The van der Waals surface area contributed by atoms with Crippen molar-refractivity contribution in [3.63, 3.8) is 0 Å².